The van der Waals surface area contributed by atoms with Gasteiger partial charge in [-0.05, 0) is 60.4 Å². The number of ether oxygens (including phenoxy) is 2. The molecule has 0 unspecified atom stereocenters. The second-order valence-electron chi connectivity index (χ2n) is 10.5. The van der Waals surface area contributed by atoms with Crippen molar-refractivity contribution in [2.24, 2.45) is 5.92 Å². The summed E-state index contributed by atoms with van der Waals surface area (Å²) in [5.74, 6) is -4.69. The van der Waals surface area contributed by atoms with Crippen molar-refractivity contribution in [3.05, 3.63) is 77.6 Å². The number of esters is 1. The Kier molecular flexibility index (Phi) is 9.77. The molecule has 0 spiro atoms. The number of hydrogen-bond acceptors (Lipinski definition) is 8. The molecular formula is C31H29F3N2O9S. The average molecular weight is 663 g/mol. The van der Waals surface area contributed by atoms with Crippen molar-refractivity contribution >= 4 is 44.5 Å². The molecule has 0 aliphatic carbocycles. The molecule has 3 N–H and O–H groups in total. The van der Waals surface area contributed by atoms with Crippen molar-refractivity contribution < 1.29 is 55.0 Å². The van der Waals surface area contributed by atoms with E-state index < -0.39 is 52.6 Å². The lowest BCUT2D eigenvalue weighted by molar-refractivity contribution is -0.201. The monoisotopic (exact) mass is 662 g/mol. The molecule has 0 bridgehead atoms. The Bertz CT molecular complexity index is 1880. The molecule has 1 aromatic heterocycles. The van der Waals surface area contributed by atoms with Gasteiger partial charge in [0.1, 0.15) is 24.0 Å². The standard InChI is InChI=1S/C31H29F3N2O9S/c1-16(2)25(29(38)39)36-46(41,42)22-12-7-19(8-13-22)18-5-10-21(11-6-18)35-28(37)26-17(3)24-23(45-26)14-9-20(27(24)43-4)15-44-30(40)31(32,33)34/h5-14,16,25,36H,15H2,1-4H3,(H,35,37)(H,38,39)/t25-/m0/s1. The number of halogens is 3. The lowest BCUT2D eigenvalue weighted by atomic mass is 10.1. The molecule has 1 amide bonds. The third kappa shape index (κ3) is 7.32. The van der Waals surface area contributed by atoms with Crippen LogP contribution in [0, 0.1) is 12.8 Å². The molecule has 1 heterocycles. The second-order valence-corrected chi connectivity index (χ2v) is 12.2. The highest BCUT2D eigenvalue weighted by atomic mass is 32.2. The molecule has 15 heteroatoms. The van der Waals surface area contributed by atoms with Crippen molar-refractivity contribution in [3.63, 3.8) is 0 Å². The number of hydrogen-bond donors (Lipinski definition) is 3. The number of anilines is 1. The summed E-state index contributed by atoms with van der Waals surface area (Å²) >= 11 is 0. The maximum absolute atomic E-state index is 13.1. The molecule has 4 rings (SSSR count). The number of sulfonamides is 1. The van der Waals surface area contributed by atoms with E-state index >= 15 is 0 Å². The first-order chi connectivity index (χ1) is 21.5. The van der Waals surface area contributed by atoms with Crippen molar-refractivity contribution in [1.29, 1.82) is 0 Å². The number of rotatable bonds is 11. The van der Waals surface area contributed by atoms with Crippen LogP contribution in [0.4, 0.5) is 18.9 Å². The molecule has 4 aromatic rings. The van der Waals surface area contributed by atoms with Gasteiger partial charge < -0.3 is 24.3 Å². The highest BCUT2D eigenvalue weighted by molar-refractivity contribution is 7.89. The largest absolute Gasteiger partial charge is 0.496 e. The zero-order valence-corrected chi connectivity index (χ0v) is 25.7. The molecule has 244 valence electrons. The predicted octanol–water partition coefficient (Wildman–Crippen LogP) is 5.66. The summed E-state index contributed by atoms with van der Waals surface area (Å²) in [4.78, 5) is 35.6. The van der Waals surface area contributed by atoms with Gasteiger partial charge in [-0.2, -0.15) is 17.9 Å². The fourth-order valence-corrected chi connectivity index (χ4v) is 5.94. The number of fused-ring (bicyclic) bond motifs is 1. The number of benzene rings is 3. The quantitative estimate of drug-likeness (QED) is 0.172. The van der Waals surface area contributed by atoms with Gasteiger partial charge in [0.2, 0.25) is 10.0 Å². The van der Waals surface area contributed by atoms with Crippen LogP contribution in [-0.4, -0.2) is 50.7 Å². The summed E-state index contributed by atoms with van der Waals surface area (Å²) in [5.41, 5.74) is 2.47. The van der Waals surface area contributed by atoms with Crippen molar-refractivity contribution in [3.8, 4) is 16.9 Å². The van der Waals surface area contributed by atoms with Crippen LogP contribution >= 0.6 is 0 Å². The first kappa shape index (κ1) is 34.0. The molecule has 0 saturated carbocycles. The third-order valence-electron chi connectivity index (χ3n) is 6.98. The Balaban J connectivity index is 1.49. The van der Waals surface area contributed by atoms with Crippen LogP contribution in [0.25, 0.3) is 22.1 Å². The number of aryl methyl sites for hydroxylation is 1. The van der Waals surface area contributed by atoms with Crippen LogP contribution in [0.1, 0.15) is 35.5 Å². The number of carbonyl (C=O) groups excluding carboxylic acids is 2. The Labute approximate surface area is 261 Å². The number of methoxy groups -OCH3 is 1. The summed E-state index contributed by atoms with van der Waals surface area (Å²) in [7, 11) is -2.80. The number of amides is 1. The van der Waals surface area contributed by atoms with Gasteiger partial charge >= 0.3 is 18.1 Å². The first-order valence-corrected chi connectivity index (χ1v) is 15.1. The van der Waals surface area contributed by atoms with E-state index in [1.807, 2.05) is 0 Å². The van der Waals surface area contributed by atoms with Crippen LogP contribution in [0.3, 0.4) is 0 Å². The summed E-state index contributed by atoms with van der Waals surface area (Å²) in [5, 5.41) is 12.3. The molecule has 0 fully saturated rings. The van der Waals surface area contributed by atoms with E-state index in [0.717, 1.165) is 0 Å². The van der Waals surface area contributed by atoms with E-state index in [1.54, 1.807) is 57.2 Å². The van der Waals surface area contributed by atoms with E-state index in [4.69, 9.17) is 9.15 Å². The third-order valence-corrected chi connectivity index (χ3v) is 8.44. The topological polar surface area (TPSA) is 161 Å². The Morgan fingerprint density at radius 2 is 1.54 bits per heavy atom. The van der Waals surface area contributed by atoms with E-state index in [9.17, 15) is 41.1 Å². The minimum absolute atomic E-state index is 0.0742. The summed E-state index contributed by atoms with van der Waals surface area (Å²) in [6.07, 6.45) is -5.15. The van der Waals surface area contributed by atoms with Gasteiger partial charge in [0, 0.05) is 16.8 Å². The first-order valence-electron chi connectivity index (χ1n) is 13.6. The van der Waals surface area contributed by atoms with Crippen LogP contribution in [0.5, 0.6) is 5.75 Å². The molecule has 3 aromatic carbocycles. The van der Waals surface area contributed by atoms with Crippen molar-refractivity contribution in [2.75, 3.05) is 12.4 Å². The van der Waals surface area contributed by atoms with Crippen LogP contribution in [0.15, 0.2) is 70.0 Å². The predicted molar refractivity (Wildman–Crippen MR) is 160 cm³/mol. The SMILES string of the molecule is COc1c(COC(=O)C(F)(F)F)ccc2oc(C(=O)Nc3ccc(-c4ccc(S(=O)(=O)N[C@H](C(=O)O)C(C)C)cc4)cc3)c(C)c12. The maximum Gasteiger partial charge on any atom is 0.490 e. The normalized spacial score (nSPS) is 12.6. The number of nitrogens with one attached hydrogen (secondary N) is 2. The van der Waals surface area contributed by atoms with Gasteiger partial charge in [0.25, 0.3) is 5.91 Å². The summed E-state index contributed by atoms with van der Waals surface area (Å²) in [6.45, 7) is 4.05. The van der Waals surface area contributed by atoms with Gasteiger partial charge in [-0.3, -0.25) is 9.59 Å². The second kappa shape index (κ2) is 13.2. The molecule has 11 nitrogen and oxygen atoms in total. The zero-order valence-electron chi connectivity index (χ0n) is 24.9. The molecule has 1 atom stereocenters. The van der Waals surface area contributed by atoms with Crippen LogP contribution in [-0.2, 0) is 31.0 Å². The van der Waals surface area contributed by atoms with Gasteiger partial charge in [-0.25, -0.2) is 13.2 Å². The lowest BCUT2D eigenvalue weighted by Crippen LogP contribution is -2.44. The fraction of sp³-hybridized carbons (Fsp3) is 0.258. The average Bonchev–Trinajstić information content (AvgIpc) is 3.34. The van der Waals surface area contributed by atoms with Gasteiger partial charge in [-0.1, -0.05) is 38.1 Å². The summed E-state index contributed by atoms with van der Waals surface area (Å²) in [6, 6.07) is 14.0. The highest BCUT2D eigenvalue weighted by Gasteiger charge is 2.41. The van der Waals surface area contributed by atoms with Crippen LogP contribution < -0.4 is 14.8 Å². The van der Waals surface area contributed by atoms with E-state index in [2.05, 4.69) is 14.8 Å². The Morgan fingerprint density at radius 1 is 0.957 bits per heavy atom. The molecule has 0 aliphatic rings. The number of alkyl halides is 3. The van der Waals surface area contributed by atoms with Gasteiger partial charge in [0.05, 0.1) is 17.4 Å². The smallest absolute Gasteiger partial charge is 0.490 e. The van der Waals surface area contributed by atoms with E-state index in [-0.39, 0.29) is 27.6 Å². The maximum atomic E-state index is 13.1. The number of furan rings is 1. The van der Waals surface area contributed by atoms with E-state index in [1.165, 1.54) is 31.4 Å². The van der Waals surface area contributed by atoms with Crippen molar-refractivity contribution in [2.45, 2.75) is 44.5 Å². The van der Waals surface area contributed by atoms with Gasteiger partial charge in [-0.15, -0.1) is 0 Å². The Hall–Kier alpha value is -4.89. The molecule has 0 aliphatic heterocycles. The van der Waals surface area contributed by atoms with Crippen molar-refractivity contribution in [1.82, 2.24) is 4.72 Å². The van der Waals surface area contributed by atoms with Crippen LogP contribution in [0.2, 0.25) is 0 Å². The minimum Gasteiger partial charge on any atom is -0.496 e. The molecule has 0 saturated heterocycles. The molecular weight excluding hydrogens is 633 g/mol. The Morgan fingerprint density at radius 3 is 2.07 bits per heavy atom. The molecule has 0 radical (unpaired) electrons. The lowest BCUT2D eigenvalue weighted by Gasteiger charge is -2.18. The number of carboxylic acids is 1. The zero-order chi connectivity index (χ0) is 34.0. The number of aliphatic carboxylic acids is 1. The van der Waals surface area contributed by atoms with Gasteiger partial charge in [0.15, 0.2) is 5.76 Å². The number of carbonyl (C=O) groups is 3. The fourth-order valence-electron chi connectivity index (χ4n) is 4.60. The highest BCUT2D eigenvalue weighted by Crippen LogP contribution is 2.37. The van der Waals surface area contributed by atoms with E-state index in [0.29, 0.717) is 27.8 Å². The number of carboxylic acid groups (broad SMARTS) is 1. The minimum atomic E-state index is -5.15. The summed E-state index contributed by atoms with van der Waals surface area (Å²) < 4.78 is 80.7. The molecule has 46 heavy (non-hydrogen) atoms.